The van der Waals surface area contributed by atoms with Crippen molar-refractivity contribution in [2.45, 2.75) is 33.0 Å². The Hall–Kier alpha value is -1.61. The summed E-state index contributed by atoms with van der Waals surface area (Å²) in [5.41, 5.74) is 1.94. The van der Waals surface area contributed by atoms with Gasteiger partial charge in [0.05, 0.1) is 0 Å². The van der Waals surface area contributed by atoms with Gasteiger partial charge in [0, 0.05) is 37.1 Å². The second kappa shape index (κ2) is 5.83. The van der Waals surface area contributed by atoms with Crippen molar-refractivity contribution in [1.82, 2.24) is 9.88 Å². The zero-order chi connectivity index (χ0) is 13.0. The monoisotopic (exact) mass is 246 g/mol. The summed E-state index contributed by atoms with van der Waals surface area (Å²) < 4.78 is 15.7. The molecule has 0 fully saturated rings. The topological polar surface area (TPSA) is 17.0 Å². The molecule has 18 heavy (non-hydrogen) atoms. The highest BCUT2D eigenvalue weighted by Crippen LogP contribution is 2.16. The van der Waals surface area contributed by atoms with E-state index in [0.29, 0.717) is 5.56 Å². The number of benzene rings is 1. The molecule has 96 valence electrons. The molecule has 0 radical (unpaired) electrons. The van der Waals surface area contributed by atoms with Crippen molar-refractivity contribution in [2.75, 3.05) is 0 Å². The number of halogens is 1. The molecule has 0 spiro atoms. The van der Waals surface area contributed by atoms with Crippen LogP contribution >= 0.6 is 0 Å². The standard InChI is InChI=1S/C15H19FN2/c1-3-18-9-8-13(11-18)10-17-12(2)14-6-4-5-7-15(14)16/h4-9,11-12,17H,3,10H2,1-2H3. The predicted octanol–water partition coefficient (Wildman–Crippen LogP) is 3.50. The summed E-state index contributed by atoms with van der Waals surface area (Å²) in [4.78, 5) is 0. The van der Waals surface area contributed by atoms with Crippen LogP contribution in [0.4, 0.5) is 4.39 Å². The first-order valence-electron chi connectivity index (χ1n) is 6.33. The molecule has 3 heteroatoms. The molecule has 2 rings (SSSR count). The van der Waals surface area contributed by atoms with Gasteiger partial charge in [-0.3, -0.25) is 0 Å². The van der Waals surface area contributed by atoms with Gasteiger partial charge >= 0.3 is 0 Å². The van der Waals surface area contributed by atoms with Crippen LogP contribution in [0.2, 0.25) is 0 Å². The number of hydrogen-bond acceptors (Lipinski definition) is 1. The molecule has 0 saturated heterocycles. The van der Waals surface area contributed by atoms with Crippen molar-refractivity contribution in [1.29, 1.82) is 0 Å². The molecule has 1 N–H and O–H groups in total. The van der Waals surface area contributed by atoms with Crippen molar-refractivity contribution < 1.29 is 4.39 Å². The van der Waals surface area contributed by atoms with Gasteiger partial charge in [-0.2, -0.15) is 0 Å². The smallest absolute Gasteiger partial charge is 0.127 e. The third-order valence-electron chi connectivity index (χ3n) is 3.16. The molecular formula is C15H19FN2. The summed E-state index contributed by atoms with van der Waals surface area (Å²) >= 11 is 0. The van der Waals surface area contributed by atoms with E-state index < -0.39 is 0 Å². The summed E-state index contributed by atoms with van der Waals surface area (Å²) in [6, 6.07) is 9.00. The van der Waals surface area contributed by atoms with Gasteiger partial charge in [0.1, 0.15) is 5.82 Å². The van der Waals surface area contributed by atoms with Crippen molar-refractivity contribution >= 4 is 0 Å². The van der Waals surface area contributed by atoms with Gasteiger partial charge in [-0.25, -0.2) is 4.39 Å². The second-order valence-corrected chi connectivity index (χ2v) is 4.47. The summed E-state index contributed by atoms with van der Waals surface area (Å²) in [5.74, 6) is -0.149. The molecule has 1 unspecified atom stereocenters. The Morgan fingerprint density at radius 3 is 2.72 bits per heavy atom. The number of aromatic nitrogens is 1. The van der Waals surface area contributed by atoms with E-state index in [-0.39, 0.29) is 11.9 Å². The van der Waals surface area contributed by atoms with E-state index in [1.165, 1.54) is 11.6 Å². The first-order valence-corrected chi connectivity index (χ1v) is 6.33. The molecular weight excluding hydrogens is 227 g/mol. The maximum atomic E-state index is 13.6. The average Bonchev–Trinajstić information content (AvgIpc) is 2.84. The van der Waals surface area contributed by atoms with Gasteiger partial charge in [0.15, 0.2) is 0 Å². The maximum Gasteiger partial charge on any atom is 0.127 e. The third kappa shape index (κ3) is 2.99. The molecule has 0 amide bonds. The van der Waals surface area contributed by atoms with E-state index >= 15 is 0 Å². The van der Waals surface area contributed by atoms with Crippen LogP contribution in [0, 0.1) is 5.82 Å². The van der Waals surface area contributed by atoms with Crippen LogP contribution in [-0.4, -0.2) is 4.57 Å². The Bertz CT molecular complexity index is 505. The molecule has 0 bridgehead atoms. The van der Waals surface area contributed by atoms with Crippen LogP contribution < -0.4 is 5.32 Å². The van der Waals surface area contributed by atoms with E-state index in [0.717, 1.165) is 13.1 Å². The molecule has 1 aromatic carbocycles. The summed E-state index contributed by atoms with van der Waals surface area (Å²) in [5, 5.41) is 3.34. The fourth-order valence-electron chi connectivity index (χ4n) is 2.00. The first-order chi connectivity index (χ1) is 8.70. The maximum absolute atomic E-state index is 13.6. The highest BCUT2D eigenvalue weighted by Gasteiger charge is 2.09. The molecule has 0 aliphatic carbocycles. The first kappa shape index (κ1) is 12.8. The molecule has 1 atom stereocenters. The molecule has 1 aromatic heterocycles. The largest absolute Gasteiger partial charge is 0.354 e. The number of hydrogen-bond donors (Lipinski definition) is 1. The predicted molar refractivity (Wildman–Crippen MR) is 71.8 cm³/mol. The van der Waals surface area contributed by atoms with Gasteiger partial charge in [0.2, 0.25) is 0 Å². The Labute approximate surface area is 107 Å². The van der Waals surface area contributed by atoms with Gasteiger partial charge in [-0.1, -0.05) is 18.2 Å². The summed E-state index contributed by atoms with van der Waals surface area (Å²) in [7, 11) is 0. The molecule has 0 aliphatic heterocycles. The van der Waals surface area contributed by atoms with E-state index in [4.69, 9.17) is 0 Å². The lowest BCUT2D eigenvalue weighted by molar-refractivity contribution is 0.528. The van der Waals surface area contributed by atoms with Crippen LogP contribution in [-0.2, 0) is 13.1 Å². The van der Waals surface area contributed by atoms with Crippen LogP contribution in [0.1, 0.15) is 31.0 Å². The molecule has 1 heterocycles. The Morgan fingerprint density at radius 2 is 2.06 bits per heavy atom. The highest BCUT2D eigenvalue weighted by molar-refractivity contribution is 5.21. The van der Waals surface area contributed by atoms with Gasteiger partial charge in [0.25, 0.3) is 0 Å². The second-order valence-electron chi connectivity index (χ2n) is 4.47. The lowest BCUT2D eigenvalue weighted by Crippen LogP contribution is -2.18. The highest BCUT2D eigenvalue weighted by atomic mass is 19.1. The normalized spacial score (nSPS) is 12.6. The van der Waals surface area contributed by atoms with Crippen LogP contribution in [0.5, 0.6) is 0 Å². The fourth-order valence-corrected chi connectivity index (χ4v) is 2.00. The van der Waals surface area contributed by atoms with Crippen LogP contribution in [0.3, 0.4) is 0 Å². The molecule has 2 aromatic rings. The number of aryl methyl sites for hydroxylation is 1. The summed E-state index contributed by atoms with van der Waals surface area (Å²) in [6.45, 7) is 5.82. The average molecular weight is 246 g/mol. The SMILES string of the molecule is CCn1ccc(CNC(C)c2ccccc2F)c1. The van der Waals surface area contributed by atoms with Crippen LogP contribution in [0.15, 0.2) is 42.7 Å². The van der Waals surface area contributed by atoms with Crippen molar-refractivity contribution in [3.8, 4) is 0 Å². The minimum Gasteiger partial charge on any atom is -0.354 e. The zero-order valence-electron chi connectivity index (χ0n) is 10.9. The summed E-state index contributed by atoms with van der Waals surface area (Å²) in [6.07, 6.45) is 4.17. The lowest BCUT2D eigenvalue weighted by atomic mass is 10.1. The molecule has 2 nitrogen and oxygen atoms in total. The van der Waals surface area contributed by atoms with Crippen molar-refractivity contribution in [3.05, 3.63) is 59.7 Å². The van der Waals surface area contributed by atoms with E-state index in [2.05, 4.69) is 35.3 Å². The fraction of sp³-hybridized carbons (Fsp3) is 0.333. The zero-order valence-corrected chi connectivity index (χ0v) is 10.9. The number of rotatable bonds is 5. The molecule has 0 saturated carbocycles. The van der Waals surface area contributed by atoms with E-state index in [1.54, 1.807) is 6.07 Å². The minimum atomic E-state index is -0.149. The Morgan fingerprint density at radius 1 is 1.28 bits per heavy atom. The quantitative estimate of drug-likeness (QED) is 0.854. The molecule has 0 aliphatic rings. The lowest BCUT2D eigenvalue weighted by Gasteiger charge is -2.14. The van der Waals surface area contributed by atoms with Crippen LogP contribution in [0.25, 0.3) is 0 Å². The Kier molecular flexibility index (Phi) is 4.15. The van der Waals surface area contributed by atoms with E-state index in [1.807, 2.05) is 19.1 Å². The number of nitrogens with one attached hydrogen (secondary N) is 1. The number of nitrogens with zero attached hydrogens (tertiary/aromatic N) is 1. The van der Waals surface area contributed by atoms with Gasteiger partial charge in [-0.05, 0) is 31.5 Å². The van der Waals surface area contributed by atoms with Crippen molar-refractivity contribution in [3.63, 3.8) is 0 Å². The Balaban J connectivity index is 1.96. The third-order valence-corrected chi connectivity index (χ3v) is 3.16. The van der Waals surface area contributed by atoms with E-state index in [9.17, 15) is 4.39 Å². The van der Waals surface area contributed by atoms with Gasteiger partial charge < -0.3 is 9.88 Å². The van der Waals surface area contributed by atoms with Crippen molar-refractivity contribution in [2.24, 2.45) is 0 Å². The minimum absolute atomic E-state index is 0.0103. The van der Waals surface area contributed by atoms with Gasteiger partial charge in [-0.15, -0.1) is 0 Å².